The van der Waals surface area contributed by atoms with Gasteiger partial charge < -0.3 is 10.0 Å². The Bertz CT molecular complexity index is 1240. The number of β-amino-alcohol motifs (C(OH)–C–C–N with tert-alkyl or cyclic N) is 1. The van der Waals surface area contributed by atoms with Gasteiger partial charge in [-0.3, -0.25) is 14.5 Å². The fourth-order valence-corrected chi connectivity index (χ4v) is 4.94. The molecule has 15 heteroatoms. The Morgan fingerprint density at radius 2 is 1.71 bits per heavy atom. The molecule has 41 heavy (non-hydrogen) atoms. The number of ketones is 1. The predicted octanol–water partition coefficient (Wildman–Crippen LogP) is 4.31. The van der Waals surface area contributed by atoms with Gasteiger partial charge in [0.15, 0.2) is 5.78 Å². The average Bonchev–Trinajstić information content (AvgIpc) is 3.28. The van der Waals surface area contributed by atoms with Gasteiger partial charge in [-0.2, -0.15) is 31.4 Å². The van der Waals surface area contributed by atoms with E-state index in [1.54, 1.807) is 4.90 Å². The summed E-state index contributed by atoms with van der Waals surface area (Å²) in [5.74, 6) is 0.0123. The van der Waals surface area contributed by atoms with Gasteiger partial charge in [0, 0.05) is 38.6 Å². The van der Waals surface area contributed by atoms with E-state index in [2.05, 4.69) is 22.0 Å². The van der Waals surface area contributed by atoms with Crippen molar-refractivity contribution in [2.45, 2.75) is 83.3 Å². The minimum absolute atomic E-state index is 0.0641. The first kappa shape index (κ1) is 32.4. The smallest absolute Gasteiger partial charge is 0.379 e. The topological polar surface area (TPSA) is 115 Å². The third kappa shape index (κ3) is 7.61. The van der Waals surface area contributed by atoms with Crippen LogP contribution in [0.15, 0.2) is 17.2 Å². The number of nitrogens with one attached hydrogen (secondary N) is 1. The average molecular weight is 593 g/mol. The molecule has 4 rings (SSSR count). The second-order valence-electron chi connectivity index (χ2n) is 10.3. The number of Topliss-reactive ketones (excluding diaryl/α,β-unsaturated/α-hetero) is 1. The Morgan fingerprint density at radius 1 is 1.07 bits per heavy atom. The van der Waals surface area contributed by atoms with Crippen LogP contribution in [0.25, 0.3) is 0 Å². The molecule has 0 saturated carbocycles. The number of unbranched alkanes of at least 4 members (excludes halogenated alkanes) is 2. The number of carbonyl (C=O) groups is 1. The molecular weight excluding hydrogens is 558 g/mol. The van der Waals surface area contributed by atoms with E-state index in [1.165, 1.54) is 6.92 Å². The molecule has 2 aromatic rings. The van der Waals surface area contributed by atoms with Crippen molar-refractivity contribution in [3.05, 3.63) is 45.1 Å². The minimum atomic E-state index is -4.73. The number of likely N-dealkylation sites (tertiary alicyclic amines) is 1. The van der Waals surface area contributed by atoms with Crippen molar-refractivity contribution >= 4 is 11.7 Å². The molecule has 1 unspecified atom stereocenters. The van der Waals surface area contributed by atoms with Gasteiger partial charge in [-0.1, -0.05) is 26.7 Å². The van der Waals surface area contributed by atoms with Crippen molar-refractivity contribution in [3.63, 3.8) is 0 Å². The maximum Gasteiger partial charge on any atom is 0.422 e. The number of hydrogen-bond acceptors (Lipinski definition) is 8. The summed E-state index contributed by atoms with van der Waals surface area (Å²) in [4.78, 5) is 34.1. The molecule has 0 amide bonds. The number of fused-ring (bicyclic) bond motifs is 1. The zero-order valence-corrected chi connectivity index (χ0v) is 23.1. The van der Waals surface area contributed by atoms with Crippen LogP contribution in [0, 0.1) is 0 Å². The number of carbonyl (C=O) groups excluding carboxylic acids is 1. The molecule has 9 nitrogen and oxygen atoms in total. The van der Waals surface area contributed by atoms with Crippen molar-refractivity contribution in [1.29, 1.82) is 0 Å². The summed E-state index contributed by atoms with van der Waals surface area (Å²) in [6.45, 7) is 7.08. The molecule has 3 heterocycles. The molecule has 0 bridgehead atoms. The van der Waals surface area contributed by atoms with Crippen LogP contribution in [-0.2, 0) is 23.6 Å². The predicted molar refractivity (Wildman–Crippen MR) is 137 cm³/mol. The number of alkyl halides is 6. The molecule has 1 saturated heterocycles. The van der Waals surface area contributed by atoms with Gasteiger partial charge in [-0.25, -0.2) is 15.1 Å². The number of aromatic amines is 1. The van der Waals surface area contributed by atoms with Crippen LogP contribution in [0.1, 0.15) is 81.3 Å². The highest BCUT2D eigenvalue weighted by Gasteiger charge is 2.51. The Kier molecular flexibility index (Phi) is 10.2. The summed E-state index contributed by atoms with van der Waals surface area (Å²) in [5.41, 5.74) is -4.57. The molecule has 0 radical (unpaired) electrons. The highest BCUT2D eigenvalue weighted by atomic mass is 19.4. The van der Waals surface area contributed by atoms with Crippen LogP contribution in [0.5, 0.6) is 0 Å². The van der Waals surface area contributed by atoms with Crippen LogP contribution in [0.2, 0.25) is 0 Å². The number of nitrogens with zero attached hydrogens (tertiary/aromatic N) is 5. The van der Waals surface area contributed by atoms with Crippen LogP contribution in [0.4, 0.5) is 32.3 Å². The lowest BCUT2D eigenvalue weighted by atomic mass is 9.88. The lowest BCUT2D eigenvalue weighted by Crippen LogP contribution is -2.65. The minimum Gasteiger partial charge on any atom is -0.379 e. The van der Waals surface area contributed by atoms with Gasteiger partial charge in [-0.15, -0.1) is 0 Å². The molecule has 2 aliphatic rings. The number of halogens is 6. The standard InChI is InChI=1S/C13H14F3N3O3.C13H20F3N3/c1-6(20)12(22)4-19(5-12)8-3-2-7-9(13(14,15)16)11(21)18-17-10(7)8;1-3-5-6-8-19(7-4-2)12-17-9-11(10-18-12)13(14,15)16/h8,22H,2-5H2,1H3,(H,18,21);9-10H,3-8H2,1-2H3. The molecule has 1 aliphatic heterocycles. The first-order valence-electron chi connectivity index (χ1n) is 13.4. The lowest BCUT2D eigenvalue weighted by Gasteiger charge is -2.47. The quantitative estimate of drug-likeness (QED) is 0.327. The highest BCUT2D eigenvalue weighted by Crippen LogP contribution is 2.42. The van der Waals surface area contributed by atoms with Gasteiger partial charge in [0.2, 0.25) is 5.95 Å². The summed E-state index contributed by atoms with van der Waals surface area (Å²) in [5, 5.41) is 15.6. The number of H-pyrrole nitrogens is 1. The fourth-order valence-electron chi connectivity index (χ4n) is 4.94. The van der Waals surface area contributed by atoms with Crippen LogP contribution < -0.4 is 10.5 Å². The van der Waals surface area contributed by atoms with E-state index in [0.29, 0.717) is 12.4 Å². The van der Waals surface area contributed by atoms with Gasteiger partial charge in [0.05, 0.1) is 17.3 Å². The first-order valence-corrected chi connectivity index (χ1v) is 13.4. The maximum atomic E-state index is 13.0. The molecule has 228 valence electrons. The summed E-state index contributed by atoms with van der Waals surface area (Å²) in [6, 6.07) is -0.424. The van der Waals surface area contributed by atoms with Gasteiger partial charge in [0.25, 0.3) is 5.56 Å². The molecule has 1 aliphatic carbocycles. The third-order valence-electron chi connectivity index (χ3n) is 7.18. The summed E-state index contributed by atoms with van der Waals surface area (Å²) < 4.78 is 76.3. The van der Waals surface area contributed by atoms with Crippen molar-refractivity contribution in [2.75, 3.05) is 31.1 Å². The Morgan fingerprint density at radius 3 is 2.22 bits per heavy atom. The Hall–Kier alpha value is -3.07. The van der Waals surface area contributed by atoms with Crippen LogP contribution >= 0.6 is 0 Å². The van der Waals surface area contributed by atoms with E-state index in [0.717, 1.165) is 51.2 Å². The van der Waals surface area contributed by atoms with E-state index >= 15 is 0 Å². The normalized spacial score (nSPS) is 18.2. The molecule has 1 fully saturated rings. The number of rotatable bonds is 9. The van der Waals surface area contributed by atoms with E-state index in [9.17, 15) is 41.0 Å². The van der Waals surface area contributed by atoms with Crippen molar-refractivity contribution in [2.24, 2.45) is 0 Å². The molecule has 0 aromatic carbocycles. The molecule has 2 N–H and O–H groups in total. The van der Waals surface area contributed by atoms with E-state index in [-0.39, 0.29) is 36.6 Å². The molecule has 1 atom stereocenters. The largest absolute Gasteiger partial charge is 0.422 e. The summed E-state index contributed by atoms with van der Waals surface area (Å²) in [7, 11) is 0. The second kappa shape index (κ2) is 12.8. The van der Waals surface area contributed by atoms with Crippen molar-refractivity contribution in [3.8, 4) is 0 Å². The fraction of sp³-hybridized carbons (Fsp3) is 0.654. The zero-order chi connectivity index (χ0) is 30.6. The second-order valence-corrected chi connectivity index (χ2v) is 10.3. The number of anilines is 1. The zero-order valence-electron chi connectivity index (χ0n) is 23.1. The van der Waals surface area contributed by atoms with Crippen molar-refractivity contribution < 1.29 is 36.2 Å². The van der Waals surface area contributed by atoms with Crippen molar-refractivity contribution in [1.82, 2.24) is 25.1 Å². The van der Waals surface area contributed by atoms with Gasteiger partial charge in [-0.05, 0) is 38.2 Å². The molecule has 2 aromatic heterocycles. The van der Waals surface area contributed by atoms with E-state index in [1.807, 2.05) is 16.9 Å². The summed E-state index contributed by atoms with van der Waals surface area (Å²) in [6.07, 6.45) is -2.82. The van der Waals surface area contributed by atoms with Gasteiger partial charge in [0.1, 0.15) is 11.2 Å². The SMILES string of the molecule is CC(=O)C1(O)CN(C2CCc3c2n[nH]c(=O)c3C(F)(F)F)C1.CCCCCN(CCC)c1ncc(C(F)(F)F)cn1. The number of aromatic nitrogens is 4. The van der Waals surface area contributed by atoms with E-state index < -0.39 is 40.7 Å². The number of aliphatic hydroxyl groups is 1. The highest BCUT2D eigenvalue weighted by molar-refractivity contribution is 5.86. The first-order chi connectivity index (χ1) is 19.1. The molecular formula is C26H34F6N6O3. The van der Waals surface area contributed by atoms with E-state index in [4.69, 9.17) is 0 Å². The Balaban J connectivity index is 0.000000229. The van der Waals surface area contributed by atoms with Gasteiger partial charge >= 0.3 is 12.4 Å². The molecule has 0 spiro atoms. The van der Waals surface area contributed by atoms with Crippen LogP contribution in [0.3, 0.4) is 0 Å². The van der Waals surface area contributed by atoms with Crippen LogP contribution in [-0.4, -0.2) is 67.7 Å². The summed E-state index contributed by atoms with van der Waals surface area (Å²) >= 11 is 0. The Labute approximate surface area is 233 Å². The number of hydrogen-bond donors (Lipinski definition) is 2. The lowest BCUT2D eigenvalue weighted by molar-refractivity contribution is -0.159. The monoisotopic (exact) mass is 592 g/mol. The maximum absolute atomic E-state index is 13.0. The third-order valence-corrected chi connectivity index (χ3v) is 7.18.